The molecule has 1 saturated carbocycles. The number of hydrogen-bond acceptors (Lipinski definition) is 2. The quantitative estimate of drug-likeness (QED) is 0.752. The molecule has 2 saturated heterocycles. The Kier molecular flexibility index (Phi) is 3.37. The number of carbonyl (C=O) groups excluding carboxylic acids is 1. The Hall–Kier alpha value is -0.570. The van der Waals surface area contributed by atoms with Crippen molar-refractivity contribution < 1.29 is 4.79 Å². The molecule has 3 heteroatoms. The molecule has 0 aromatic rings. The third kappa shape index (κ3) is 2.22. The van der Waals surface area contributed by atoms with Crippen molar-refractivity contribution in [2.45, 2.75) is 51.0 Å². The highest BCUT2D eigenvalue weighted by Gasteiger charge is 2.40. The second-order valence-corrected chi connectivity index (χ2v) is 5.98. The molecule has 3 rings (SSSR count). The third-order valence-corrected chi connectivity index (χ3v) is 4.94. The van der Waals surface area contributed by atoms with Crippen LogP contribution in [-0.4, -0.2) is 36.5 Å². The molecule has 1 amide bonds. The minimum atomic E-state index is 0.268. The van der Waals surface area contributed by atoms with Gasteiger partial charge in [0.25, 0.3) is 0 Å². The van der Waals surface area contributed by atoms with Gasteiger partial charge in [0.1, 0.15) is 0 Å². The van der Waals surface area contributed by atoms with Crippen molar-refractivity contribution in [3.8, 4) is 0 Å². The van der Waals surface area contributed by atoms with Gasteiger partial charge in [-0.25, -0.2) is 0 Å². The van der Waals surface area contributed by atoms with Gasteiger partial charge in [0, 0.05) is 19.1 Å². The highest BCUT2D eigenvalue weighted by molar-refractivity contribution is 5.79. The van der Waals surface area contributed by atoms with Crippen molar-refractivity contribution in [2.75, 3.05) is 19.6 Å². The molecule has 3 unspecified atom stereocenters. The standard InChI is InChI=1S/C14H24N2O/c17-14(12-5-3-8-15-10-12)16-9-7-11-4-1-2-6-13(11)16/h11-13,15H,1-10H2. The molecule has 3 fully saturated rings. The molecule has 0 spiro atoms. The van der Waals surface area contributed by atoms with E-state index < -0.39 is 0 Å². The van der Waals surface area contributed by atoms with Crippen LogP contribution in [-0.2, 0) is 4.79 Å². The highest BCUT2D eigenvalue weighted by Crippen LogP contribution is 2.37. The van der Waals surface area contributed by atoms with Gasteiger partial charge in [-0.05, 0) is 44.6 Å². The largest absolute Gasteiger partial charge is 0.339 e. The van der Waals surface area contributed by atoms with E-state index in [1.54, 1.807) is 0 Å². The maximum Gasteiger partial charge on any atom is 0.227 e. The first kappa shape index (κ1) is 11.5. The Morgan fingerprint density at radius 1 is 1.06 bits per heavy atom. The fraction of sp³-hybridized carbons (Fsp3) is 0.929. The van der Waals surface area contributed by atoms with Crippen molar-refractivity contribution in [3.63, 3.8) is 0 Å². The number of fused-ring (bicyclic) bond motifs is 1. The Bertz CT molecular complexity index is 286. The molecule has 3 aliphatic rings. The summed E-state index contributed by atoms with van der Waals surface area (Å²) in [5.41, 5.74) is 0. The second-order valence-electron chi connectivity index (χ2n) is 5.98. The van der Waals surface area contributed by atoms with Crippen molar-refractivity contribution in [3.05, 3.63) is 0 Å². The van der Waals surface area contributed by atoms with E-state index >= 15 is 0 Å². The Morgan fingerprint density at radius 2 is 1.94 bits per heavy atom. The molecule has 2 aliphatic heterocycles. The van der Waals surface area contributed by atoms with Crippen LogP contribution in [0, 0.1) is 11.8 Å². The molecule has 3 nitrogen and oxygen atoms in total. The molecule has 17 heavy (non-hydrogen) atoms. The molecule has 1 N–H and O–H groups in total. The average molecular weight is 236 g/mol. The van der Waals surface area contributed by atoms with Gasteiger partial charge in [-0.3, -0.25) is 4.79 Å². The van der Waals surface area contributed by atoms with E-state index in [2.05, 4.69) is 10.2 Å². The first-order valence-corrected chi connectivity index (χ1v) is 7.37. The minimum absolute atomic E-state index is 0.268. The summed E-state index contributed by atoms with van der Waals surface area (Å²) in [6, 6.07) is 0.596. The fourth-order valence-corrected chi connectivity index (χ4v) is 3.98. The summed E-state index contributed by atoms with van der Waals surface area (Å²) in [6.45, 7) is 3.03. The zero-order valence-corrected chi connectivity index (χ0v) is 10.7. The Balaban J connectivity index is 1.65. The first-order chi connectivity index (χ1) is 8.36. The van der Waals surface area contributed by atoms with Crippen LogP contribution < -0.4 is 5.32 Å². The summed E-state index contributed by atoms with van der Waals surface area (Å²) >= 11 is 0. The molecule has 0 bridgehead atoms. The summed E-state index contributed by atoms with van der Waals surface area (Å²) in [4.78, 5) is 14.8. The van der Waals surface area contributed by atoms with Crippen LogP contribution in [0.4, 0.5) is 0 Å². The third-order valence-electron chi connectivity index (χ3n) is 4.94. The van der Waals surface area contributed by atoms with E-state index in [4.69, 9.17) is 0 Å². The summed E-state index contributed by atoms with van der Waals surface area (Å²) in [5.74, 6) is 1.54. The van der Waals surface area contributed by atoms with E-state index in [9.17, 15) is 4.79 Å². The SMILES string of the molecule is O=C(C1CCCNC1)N1CCC2CCCCC21. The van der Waals surface area contributed by atoms with Gasteiger partial charge in [-0.15, -0.1) is 0 Å². The summed E-state index contributed by atoms with van der Waals surface area (Å²) in [5, 5.41) is 3.36. The fourth-order valence-electron chi connectivity index (χ4n) is 3.98. The molecule has 96 valence electrons. The molecule has 1 aliphatic carbocycles. The first-order valence-electron chi connectivity index (χ1n) is 7.37. The van der Waals surface area contributed by atoms with Gasteiger partial charge in [0.15, 0.2) is 0 Å². The van der Waals surface area contributed by atoms with Crippen molar-refractivity contribution in [2.24, 2.45) is 11.8 Å². The smallest absolute Gasteiger partial charge is 0.227 e. The maximum absolute atomic E-state index is 12.5. The van der Waals surface area contributed by atoms with E-state index in [1.807, 2.05) is 0 Å². The highest BCUT2D eigenvalue weighted by atomic mass is 16.2. The van der Waals surface area contributed by atoms with Crippen LogP contribution in [0.1, 0.15) is 44.9 Å². The molecular weight excluding hydrogens is 212 g/mol. The number of rotatable bonds is 1. The zero-order valence-electron chi connectivity index (χ0n) is 10.7. The molecule has 3 atom stereocenters. The molecule has 0 radical (unpaired) electrons. The molecule has 0 aromatic carbocycles. The van der Waals surface area contributed by atoms with Crippen molar-refractivity contribution in [1.29, 1.82) is 0 Å². The second kappa shape index (κ2) is 4.97. The predicted molar refractivity (Wildman–Crippen MR) is 67.7 cm³/mol. The summed E-state index contributed by atoms with van der Waals surface area (Å²) < 4.78 is 0. The van der Waals surface area contributed by atoms with Gasteiger partial charge in [-0.2, -0.15) is 0 Å². The molecule has 2 heterocycles. The van der Waals surface area contributed by atoms with Gasteiger partial charge >= 0.3 is 0 Å². The number of amides is 1. The van der Waals surface area contributed by atoms with Crippen molar-refractivity contribution in [1.82, 2.24) is 10.2 Å². The Labute approximate surface area is 104 Å². The van der Waals surface area contributed by atoms with Crippen LogP contribution in [0.25, 0.3) is 0 Å². The lowest BCUT2D eigenvalue weighted by molar-refractivity contribution is -0.137. The summed E-state index contributed by atoms with van der Waals surface area (Å²) in [6.07, 6.45) is 8.85. The lowest BCUT2D eigenvalue weighted by Gasteiger charge is -2.34. The summed E-state index contributed by atoms with van der Waals surface area (Å²) in [7, 11) is 0. The van der Waals surface area contributed by atoms with Crippen LogP contribution in [0.2, 0.25) is 0 Å². The number of nitrogens with one attached hydrogen (secondary N) is 1. The lowest BCUT2D eigenvalue weighted by atomic mass is 9.85. The van der Waals surface area contributed by atoms with Crippen molar-refractivity contribution >= 4 is 5.91 Å². The van der Waals surface area contributed by atoms with Crippen LogP contribution >= 0.6 is 0 Å². The van der Waals surface area contributed by atoms with Crippen LogP contribution in [0.15, 0.2) is 0 Å². The van der Waals surface area contributed by atoms with Gasteiger partial charge in [-0.1, -0.05) is 12.8 Å². The minimum Gasteiger partial charge on any atom is -0.339 e. The van der Waals surface area contributed by atoms with Gasteiger partial charge < -0.3 is 10.2 Å². The van der Waals surface area contributed by atoms with E-state index in [0.717, 1.165) is 32.0 Å². The van der Waals surface area contributed by atoms with Gasteiger partial charge in [0.2, 0.25) is 5.91 Å². The topological polar surface area (TPSA) is 32.3 Å². The number of nitrogens with zero attached hydrogens (tertiary/aromatic N) is 1. The number of piperidine rings is 1. The van der Waals surface area contributed by atoms with E-state index in [0.29, 0.717) is 11.9 Å². The van der Waals surface area contributed by atoms with Crippen LogP contribution in [0.3, 0.4) is 0 Å². The van der Waals surface area contributed by atoms with E-state index in [1.165, 1.54) is 38.5 Å². The number of carbonyl (C=O) groups is 1. The number of hydrogen-bond donors (Lipinski definition) is 1. The number of likely N-dealkylation sites (tertiary alicyclic amines) is 1. The average Bonchev–Trinajstić information content (AvgIpc) is 2.83. The zero-order chi connectivity index (χ0) is 11.7. The molecular formula is C14H24N2O. The van der Waals surface area contributed by atoms with Crippen LogP contribution in [0.5, 0.6) is 0 Å². The predicted octanol–water partition coefficient (Wildman–Crippen LogP) is 1.78. The normalized spacial score (nSPS) is 37.9. The maximum atomic E-state index is 12.5. The Morgan fingerprint density at radius 3 is 2.76 bits per heavy atom. The molecule has 0 aromatic heterocycles. The monoisotopic (exact) mass is 236 g/mol. The lowest BCUT2D eigenvalue weighted by Crippen LogP contribution is -2.46. The van der Waals surface area contributed by atoms with E-state index in [-0.39, 0.29) is 5.92 Å². The van der Waals surface area contributed by atoms with Gasteiger partial charge in [0.05, 0.1) is 5.92 Å².